The number of carbonyl (C=O) groups is 1. The summed E-state index contributed by atoms with van der Waals surface area (Å²) in [5.74, 6) is -1.26. The Morgan fingerprint density at radius 3 is 2.60 bits per heavy atom. The number of hydrogen-bond acceptors (Lipinski definition) is 4. The van der Waals surface area contributed by atoms with E-state index in [0.29, 0.717) is 18.9 Å². The third-order valence-electron chi connectivity index (χ3n) is 4.88. The summed E-state index contributed by atoms with van der Waals surface area (Å²) in [6, 6.07) is 2.15. The maximum atomic E-state index is 14.3. The fraction of sp³-hybridized carbons (Fsp3) is 0.588. The van der Waals surface area contributed by atoms with Gasteiger partial charge in [0.15, 0.2) is 0 Å². The molecule has 5 nitrogen and oxygen atoms in total. The molecule has 0 saturated heterocycles. The molecule has 0 aliphatic heterocycles. The summed E-state index contributed by atoms with van der Waals surface area (Å²) < 4.78 is 45.7. The molecule has 0 radical (unpaired) electrons. The van der Waals surface area contributed by atoms with Crippen molar-refractivity contribution in [3.8, 4) is 5.75 Å². The average Bonchev–Trinajstić information content (AvgIpc) is 3.08. The van der Waals surface area contributed by atoms with Crippen LogP contribution >= 0.6 is 11.6 Å². The summed E-state index contributed by atoms with van der Waals surface area (Å²) >= 11 is 6.08. The zero-order valence-corrected chi connectivity index (χ0v) is 15.5. The van der Waals surface area contributed by atoms with Gasteiger partial charge in [0.05, 0.1) is 22.4 Å². The number of hydrogen-bond donors (Lipinski definition) is 1. The minimum Gasteiger partial charge on any atom is -0.492 e. The Morgan fingerprint density at radius 1 is 1.36 bits per heavy atom. The molecule has 2 aliphatic rings. The van der Waals surface area contributed by atoms with Gasteiger partial charge in [-0.05, 0) is 37.2 Å². The molecule has 138 valence electrons. The number of carbonyl (C=O) groups excluding carboxylic acids is 1. The van der Waals surface area contributed by atoms with Gasteiger partial charge in [-0.1, -0.05) is 31.4 Å². The van der Waals surface area contributed by atoms with Crippen LogP contribution in [0.5, 0.6) is 5.75 Å². The molecule has 1 aromatic rings. The lowest BCUT2D eigenvalue weighted by Gasteiger charge is -2.14. The van der Waals surface area contributed by atoms with E-state index in [1.54, 1.807) is 6.92 Å². The van der Waals surface area contributed by atoms with Crippen LogP contribution in [0.25, 0.3) is 0 Å². The van der Waals surface area contributed by atoms with Crippen LogP contribution in [0.2, 0.25) is 5.02 Å². The van der Waals surface area contributed by atoms with Crippen molar-refractivity contribution in [2.24, 2.45) is 11.8 Å². The highest BCUT2D eigenvalue weighted by Gasteiger charge is 2.45. The van der Waals surface area contributed by atoms with Crippen LogP contribution < -0.4 is 9.46 Å². The van der Waals surface area contributed by atoms with Gasteiger partial charge in [0.1, 0.15) is 11.6 Å². The molecule has 25 heavy (non-hydrogen) atoms. The molecule has 3 rings (SSSR count). The van der Waals surface area contributed by atoms with E-state index in [9.17, 15) is 17.6 Å². The second kappa shape index (κ2) is 7.11. The highest BCUT2D eigenvalue weighted by molar-refractivity contribution is 7.91. The Balaban J connectivity index is 1.69. The second-order valence-corrected chi connectivity index (χ2v) is 9.26. The van der Waals surface area contributed by atoms with Gasteiger partial charge in [-0.25, -0.2) is 17.5 Å². The molecule has 0 heterocycles. The van der Waals surface area contributed by atoms with Gasteiger partial charge >= 0.3 is 0 Å². The lowest BCUT2D eigenvalue weighted by atomic mass is 10.1. The molecule has 1 amide bonds. The Hall–Kier alpha value is -1.34. The van der Waals surface area contributed by atoms with Crippen molar-refractivity contribution in [1.29, 1.82) is 0 Å². The predicted octanol–water partition coefficient (Wildman–Crippen LogP) is 3.52. The van der Waals surface area contributed by atoms with Crippen molar-refractivity contribution in [1.82, 2.24) is 4.72 Å². The lowest BCUT2D eigenvalue weighted by Crippen LogP contribution is -2.34. The van der Waals surface area contributed by atoms with E-state index in [2.05, 4.69) is 0 Å². The van der Waals surface area contributed by atoms with E-state index in [4.69, 9.17) is 16.3 Å². The summed E-state index contributed by atoms with van der Waals surface area (Å²) in [5.41, 5.74) is -0.407. The molecule has 2 aliphatic carbocycles. The SMILES string of the molecule is C[C@@H]1C[C@H]1S(=O)(=O)NC(=O)c1cc(Cl)c(OCC2CCCC2)cc1F. The summed E-state index contributed by atoms with van der Waals surface area (Å²) in [4.78, 5) is 12.1. The standard InChI is InChI=1S/C17H21ClFNO4S/c1-10-6-16(10)25(22,23)20-17(21)12-7-13(18)15(8-14(12)19)24-9-11-4-2-3-5-11/h7-8,10-11,16H,2-6,9H2,1H3,(H,20,21)/t10-,16-/m1/s1. The maximum Gasteiger partial charge on any atom is 0.267 e. The highest BCUT2D eigenvalue weighted by atomic mass is 35.5. The Kier molecular flexibility index (Phi) is 5.25. The second-order valence-electron chi connectivity index (χ2n) is 6.95. The van der Waals surface area contributed by atoms with Crippen LogP contribution in [0.1, 0.15) is 49.4 Å². The van der Waals surface area contributed by atoms with Gasteiger partial charge in [-0.3, -0.25) is 4.79 Å². The monoisotopic (exact) mass is 389 g/mol. The number of benzene rings is 1. The molecule has 0 aromatic heterocycles. The quantitative estimate of drug-likeness (QED) is 0.808. The van der Waals surface area contributed by atoms with Crippen LogP contribution in [0.4, 0.5) is 4.39 Å². The van der Waals surface area contributed by atoms with Gasteiger partial charge in [-0.15, -0.1) is 0 Å². The van der Waals surface area contributed by atoms with Crippen molar-refractivity contribution in [2.75, 3.05) is 6.61 Å². The molecule has 1 N–H and O–H groups in total. The molecule has 0 bridgehead atoms. The molecule has 2 saturated carbocycles. The number of halogens is 2. The first-order valence-electron chi connectivity index (χ1n) is 8.45. The number of ether oxygens (including phenoxy) is 1. The van der Waals surface area contributed by atoms with Crippen molar-refractivity contribution in [3.63, 3.8) is 0 Å². The third kappa shape index (κ3) is 4.26. The maximum absolute atomic E-state index is 14.3. The van der Waals surface area contributed by atoms with E-state index >= 15 is 0 Å². The Morgan fingerprint density at radius 2 is 2.00 bits per heavy atom. The molecular weight excluding hydrogens is 369 g/mol. The number of amides is 1. The van der Waals surface area contributed by atoms with E-state index in [1.807, 2.05) is 4.72 Å². The smallest absolute Gasteiger partial charge is 0.267 e. The highest BCUT2D eigenvalue weighted by Crippen LogP contribution is 2.36. The lowest BCUT2D eigenvalue weighted by molar-refractivity contribution is 0.0977. The van der Waals surface area contributed by atoms with E-state index in [-0.39, 0.29) is 16.7 Å². The average molecular weight is 390 g/mol. The fourth-order valence-electron chi connectivity index (χ4n) is 3.18. The van der Waals surface area contributed by atoms with Gasteiger partial charge in [0.2, 0.25) is 10.0 Å². The van der Waals surface area contributed by atoms with E-state index < -0.39 is 32.6 Å². The van der Waals surface area contributed by atoms with Crippen molar-refractivity contribution >= 4 is 27.5 Å². The van der Waals surface area contributed by atoms with Gasteiger partial charge in [0, 0.05) is 6.07 Å². The first-order valence-corrected chi connectivity index (χ1v) is 10.4. The van der Waals surface area contributed by atoms with Gasteiger partial charge < -0.3 is 4.74 Å². The Bertz CT molecular complexity index is 777. The van der Waals surface area contributed by atoms with Crippen molar-refractivity contribution < 1.29 is 22.3 Å². The van der Waals surface area contributed by atoms with Crippen LogP contribution in [-0.4, -0.2) is 26.2 Å². The van der Waals surface area contributed by atoms with Crippen LogP contribution in [0.15, 0.2) is 12.1 Å². The summed E-state index contributed by atoms with van der Waals surface area (Å²) in [6.07, 6.45) is 5.00. The summed E-state index contributed by atoms with van der Waals surface area (Å²) in [7, 11) is -3.79. The zero-order chi connectivity index (χ0) is 18.2. The molecule has 2 fully saturated rings. The topological polar surface area (TPSA) is 72.5 Å². The molecule has 1 aromatic carbocycles. The molecule has 0 unspecified atom stereocenters. The Labute approximate surface area is 151 Å². The summed E-state index contributed by atoms with van der Waals surface area (Å²) in [5, 5.41) is -0.509. The van der Waals surface area contributed by atoms with E-state index in [0.717, 1.165) is 25.0 Å². The molecule has 2 atom stereocenters. The van der Waals surface area contributed by atoms with Gasteiger partial charge in [0.25, 0.3) is 5.91 Å². The minimum atomic E-state index is -3.79. The van der Waals surface area contributed by atoms with E-state index in [1.165, 1.54) is 12.8 Å². The normalized spacial score (nSPS) is 23.5. The number of rotatable bonds is 6. The minimum absolute atomic E-state index is 0.00472. The largest absolute Gasteiger partial charge is 0.492 e. The first-order chi connectivity index (χ1) is 11.8. The fourth-order valence-corrected chi connectivity index (χ4v) is 5.08. The third-order valence-corrected chi connectivity index (χ3v) is 7.10. The summed E-state index contributed by atoms with van der Waals surface area (Å²) in [6.45, 7) is 2.24. The predicted molar refractivity (Wildman–Crippen MR) is 92.8 cm³/mol. The molecular formula is C17H21ClFNO4S. The number of sulfonamides is 1. The van der Waals surface area contributed by atoms with Crippen LogP contribution in [0, 0.1) is 17.7 Å². The molecule has 8 heteroatoms. The van der Waals surface area contributed by atoms with Crippen LogP contribution in [0.3, 0.4) is 0 Å². The number of nitrogens with one attached hydrogen (secondary N) is 1. The van der Waals surface area contributed by atoms with Crippen LogP contribution in [-0.2, 0) is 10.0 Å². The van der Waals surface area contributed by atoms with Crippen molar-refractivity contribution in [2.45, 2.75) is 44.3 Å². The molecule has 0 spiro atoms. The first kappa shape index (κ1) is 18.5. The van der Waals surface area contributed by atoms with Crippen molar-refractivity contribution in [3.05, 3.63) is 28.5 Å². The zero-order valence-electron chi connectivity index (χ0n) is 13.9. The van der Waals surface area contributed by atoms with Gasteiger partial charge in [-0.2, -0.15) is 0 Å².